The van der Waals surface area contributed by atoms with Crippen LogP contribution in [-0.2, 0) is 7.05 Å². The highest BCUT2D eigenvalue weighted by Crippen LogP contribution is 2.34. The van der Waals surface area contributed by atoms with Crippen molar-refractivity contribution in [2.45, 2.75) is 0 Å². The van der Waals surface area contributed by atoms with Crippen LogP contribution in [0.5, 0.6) is 17.2 Å². The fraction of sp³-hybridized carbons (Fsp3) is 0.250. The van der Waals surface area contributed by atoms with Crippen LogP contribution in [0.3, 0.4) is 0 Å². The van der Waals surface area contributed by atoms with Crippen molar-refractivity contribution in [2.24, 2.45) is 7.05 Å². The molecule has 0 fully saturated rings. The second kappa shape index (κ2) is 4.01. The molecule has 0 aliphatic heterocycles. The van der Waals surface area contributed by atoms with Crippen molar-refractivity contribution in [3.8, 4) is 17.2 Å². The Labute approximate surface area is 97.8 Å². The normalized spacial score (nSPS) is 10.5. The lowest BCUT2D eigenvalue weighted by Gasteiger charge is -2.13. The largest absolute Gasteiger partial charge is 0.504 e. The number of para-hydroxylation sites is 1. The van der Waals surface area contributed by atoms with E-state index in [1.54, 1.807) is 25.2 Å². The molecule has 5 nitrogen and oxygen atoms in total. The van der Waals surface area contributed by atoms with Gasteiger partial charge < -0.3 is 19.1 Å². The molecule has 0 radical (unpaired) electrons. The fourth-order valence-electron chi connectivity index (χ4n) is 1.89. The topological polar surface area (TPSA) is 60.7 Å². The molecule has 0 aliphatic carbocycles. The maximum absolute atomic E-state index is 11.9. The molecule has 0 saturated carbocycles. The van der Waals surface area contributed by atoms with E-state index in [1.165, 1.54) is 18.8 Å². The molecular formula is C12H13NO4. The molecule has 2 rings (SSSR count). The first-order valence-corrected chi connectivity index (χ1v) is 5.04. The minimum atomic E-state index is -0.401. The van der Waals surface area contributed by atoms with Gasteiger partial charge in [-0.3, -0.25) is 4.79 Å². The van der Waals surface area contributed by atoms with Crippen molar-refractivity contribution in [3.05, 3.63) is 28.6 Å². The smallest absolute Gasteiger partial charge is 0.297 e. The predicted octanol–water partition coefficient (Wildman–Crippen LogP) is 1.26. The van der Waals surface area contributed by atoms with E-state index in [0.29, 0.717) is 16.7 Å². The van der Waals surface area contributed by atoms with Crippen molar-refractivity contribution in [1.29, 1.82) is 0 Å². The van der Waals surface area contributed by atoms with E-state index in [9.17, 15) is 9.90 Å². The van der Waals surface area contributed by atoms with Gasteiger partial charge in [-0.25, -0.2) is 0 Å². The number of methoxy groups -OCH3 is 2. The molecule has 1 aromatic carbocycles. The Morgan fingerprint density at radius 2 is 1.94 bits per heavy atom. The van der Waals surface area contributed by atoms with Gasteiger partial charge in [0.25, 0.3) is 5.56 Å². The Hall–Kier alpha value is -2.17. The minimum Gasteiger partial charge on any atom is -0.504 e. The molecule has 90 valence electrons. The summed E-state index contributed by atoms with van der Waals surface area (Å²) in [5.74, 6) is 0.304. The van der Waals surface area contributed by atoms with Crippen molar-refractivity contribution in [1.82, 2.24) is 4.57 Å². The molecule has 0 bridgehead atoms. The molecule has 0 amide bonds. The molecule has 1 heterocycles. The van der Waals surface area contributed by atoms with Gasteiger partial charge in [-0.15, -0.1) is 0 Å². The number of pyridine rings is 1. The molecule has 0 saturated heterocycles. The average molecular weight is 235 g/mol. The van der Waals surface area contributed by atoms with Crippen LogP contribution in [0, 0.1) is 0 Å². The Morgan fingerprint density at radius 1 is 1.24 bits per heavy atom. The summed E-state index contributed by atoms with van der Waals surface area (Å²) in [5.41, 5.74) is 0.139. The highest BCUT2D eigenvalue weighted by atomic mass is 16.5. The van der Waals surface area contributed by atoms with Crippen LogP contribution in [0.2, 0.25) is 0 Å². The third kappa shape index (κ3) is 1.51. The lowest BCUT2D eigenvalue weighted by molar-refractivity contribution is 0.367. The first kappa shape index (κ1) is 11.3. The fourth-order valence-corrected chi connectivity index (χ4v) is 1.89. The van der Waals surface area contributed by atoms with E-state index in [0.717, 1.165) is 0 Å². The zero-order chi connectivity index (χ0) is 12.6. The molecule has 0 atom stereocenters. The Morgan fingerprint density at radius 3 is 2.53 bits per heavy atom. The number of aryl methyl sites for hydroxylation is 1. The van der Waals surface area contributed by atoms with Crippen LogP contribution in [0.15, 0.2) is 23.0 Å². The third-order valence-electron chi connectivity index (χ3n) is 2.73. The van der Waals surface area contributed by atoms with Crippen LogP contribution >= 0.6 is 0 Å². The van der Waals surface area contributed by atoms with Crippen molar-refractivity contribution in [2.75, 3.05) is 14.2 Å². The van der Waals surface area contributed by atoms with Crippen LogP contribution in [-0.4, -0.2) is 23.9 Å². The molecule has 1 N–H and O–H groups in total. The van der Waals surface area contributed by atoms with Crippen molar-refractivity contribution in [3.63, 3.8) is 0 Å². The Kier molecular flexibility index (Phi) is 2.67. The van der Waals surface area contributed by atoms with E-state index >= 15 is 0 Å². The Bertz CT molecular complexity index is 630. The summed E-state index contributed by atoms with van der Waals surface area (Å²) >= 11 is 0. The predicted molar refractivity (Wildman–Crippen MR) is 64.0 cm³/mol. The van der Waals surface area contributed by atoms with Gasteiger partial charge in [0.2, 0.25) is 5.75 Å². The van der Waals surface area contributed by atoms with Gasteiger partial charge in [0.15, 0.2) is 5.75 Å². The molecule has 0 unspecified atom stereocenters. The average Bonchev–Trinajstić information content (AvgIpc) is 2.36. The van der Waals surface area contributed by atoms with E-state index in [4.69, 9.17) is 9.47 Å². The van der Waals surface area contributed by atoms with Gasteiger partial charge in [-0.1, -0.05) is 6.07 Å². The second-order valence-electron chi connectivity index (χ2n) is 3.60. The lowest BCUT2D eigenvalue weighted by Crippen LogP contribution is -2.19. The van der Waals surface area contributed by atoms with Gasteiger partial charge >= 0.3 is 0 Å². The monoisotopic (exact) mass is 235 g/mol. The summed E-state index contributed by atoms with van der Waals surface area (Å²) in [6, 6.07) is 5.17. The van der Waals surface area contributed by atoms with Gasteiger partial charge in [-0.05, 0) is 12.1 Å². The molecule has 5 heteroatoms. The third-order valence-corrected chi connectivity index (χ3v) is 2.73. The van der Waals surface area contributed by atoms with E-state index in [1.807, 2.05) is 0 Å². The van der Waals surface area contributed by atoms with Crippen LogP contribution in [0.1, 0.15) is 0 Å². The van der Waals surface area contributed by atoms with Crippen molar-refractivity contribution < 1.29 is 14.6 Å². The highest BCUT2D eigenvalue weighted by molar-refractivity contribution is 5.91. The summed E-state index contributed by atoms with van der Waals surface area (Å²) < 4.78 is 11.5. The maximum atomic E-state index is 11.9. The summed E-state index contributed by atoms with van der Waals surface area (Å²) in [6.45, 7) is 0. The van der Waals surface area contributed by atoms with Gasteiger partial charge in [0.05, 0.1) is 19.7 Å². The second-order valence-corrected chi connectivity index (χ2v) is 3.60. The molecule has 2 aromatic rings. The van der Waals surface area contributed by atoms with Gasteiger partial charge in [-0.2, -0.15) is 0 Å². The summed E-state index contributed by atoms with van der Waals surface area (Å²) in [5, 5.41) is 10.5. The zero-order valence-corrected chi connectivity index (χ0v) is 9.85. The van der Waals surface area contributed by atoms with Crippen LogP contribution in [0.25, 0.3) is 10.9 Å². The van der Waals surface area contributed by atoms with E-state index in [-0.39, 0.29) is 11.5 Å². The number of hydrogen-bond acceptors (Lipinski definition) is 4. The summed E-state index contributed by atoms with van der Waals surface area (Å²) in [4.78, 5) is 11.9. The quantitative estimate of drug-likeness (QED) is 0.851. The number of fused-ring (bicyclic) bond motifs is 1. The van der Waals surface area contributed by atoms with E-state index < -0.39 is 5.56 Å². The van der Waals surface area contributed by atoms with Crippen molar-refractivity contribution >= 4 is 10.9 Å². The number of aromatic hydroxyl groups is 1. The molecule has 0 aliphatic rings. The number of benzene rings is 1. The summed E-state index contributed by atoms with van der Waals surface area (Å²) in [6.07, 6.45) is 0. The first-order chi connectivity index (χ1) is 8.11. The maximum Gasteiger partial charge on any atom is 0.297 e. The van der Waals surface area contributed by atoms with Crippen LogP contribution in [0.4, 0.5) is 0 Å². The molecule has 1 aromatic heterocycles. The van der Waals surface area contributed by atoms with Gasteiger partial charge in [0, 0.05) is 12.4 Å². The molecule has 17 heavy (non-hydrogen) atoms. The standard InChI is InChI=1S/C12H13NO4/c1-13-9-7(5-4-6-8(9)16-2)10(14)11(17-3)12(13)15/h4-6,14H,1-3H3. The number of nitrogens with zero attached hydrogens (tertiary/aromatic N) is 1. The number of ether oxygens (including phenoxy) is 2. The van der Waals surface area contributed by atoms with Crippen LogP contribution < -0.4 is 15.0 Å². The van der Waals surface area contributed by atoms with Gasteiger partial charge in [0.1, 0.15) is 5.75 Å². The lowest BCUT2D eigenvalue weighted by atomic mass is 10.1. The number of aromatic nitrogens is 1. The zero-order valence-electron chi connectivity index (χ0n) is 9.85. The first-order valence-electron chi connectivity index (χ1n) is 5.04. The molecular weight excluding hydrogens is 222 g/mol. The SMILES string of the molecule is COc1c(O)c2cccc(OC)c2n(C)c1=O. The molecule has 0 spiro atoms. The Balaban J connectivity index is 3.03. The number of hydrogen-bond donors (Lipinski definition) is 1. The minimum absolute atomic E-state index is 0.0618. The van der Waals surface area contributed by atoms with E-state index in [2.05, 4.69) is 0 Å². The summed E-state index contributed by atoms with van der Waals surface area (Å²) in [7, 11) is 4.47. The highest BCUT2D eigenvalue weighted by Gasteiger charge is 2.17. The number of rotatable bonds is 2.